The molecule has 0 saturated heterocycles. The van der Waals surface area contributed by atoms with Crippen molar-refractivity contribution in [3.63, 3.8) is 0 Å². The van der Waals surface area contributed by atoms with Crippen LogP contribution >= 0.6 is 11.6 Å². The molecule has 150 valence electrons. The lowest BCUT2D eigenvalue weighted by Gasteiger charge is -2.08. The summed E-state index contributed by atoms with van der Waals surface area (Å²) in [6.07, 6.45) is -0.287. The Balaban J connectivity index is 2.10. The molecule has 0 bridgehead atoms. The van der Waals surface area contributed by atoms with Gasteiger partial charge in [0.1, 0.15) is 11.4 Å². The fourth-order valence-corrected chi connectivity index (χ4v) is 2.92. The standard InChI is InChI=1S/C20H22ClNO6/c1-10(2)28-19(24)17-11(3)18(22-12(17)4)20(25)27-9-15(23)13-6-7-16(26-5)14(21)8-13/h6-8,10,22H,9H2,1-5H3. The van der Waals surface area contributed by atoms with Crippen LogP contribution in [0, 0.1) is 13.8 Å². The van der Waals surface area contributed by atoms with Crippen LogP contribution in [0.2, 0.25) is 5.02 Å². The lowest BCUT2D eigenvalue weighted by atomic mass is 10.1. The summed E-state index contributed by atoms with van der Waals surface area (Å²) in [5.74, 6) is -1.24. The maximum Gasteiger partial charge on any atom is 0.355 e. The van der Waals surface area contributed by atoms with E-state index in [1.165, 1.54) is 19.2 Å². The highest BCUT2D eigenvalue weighted by atomic mass is 35.5. The van der Waals surface area contributed by atoms with Crippen molar-refractivity contribution >= 4 is 29.3 Å². The van der Waals surface area contributed by atoms with Gasteiger partial charge in [0, 0.05) is 11.3 Å². The molecule has 0 aliphatic heterocycles. The molecular weight excluding hydrogens is 386 g/mol. The van der Waals surface area contributed by atoms with Crippen LogP contribution in [0.15, 0.2) is 18.2 Å². The van der Waals surface area contributed by atoms with E-state index in [4.69, 9.17) is 25.8 Å². The first-order valence-corrected chi connectivity index (χ1v) is 8.97. The van der Waals surface area contributed by atoms with E-state index in [-0.39, 0.29) is 22.4 Å². The van der Waals surface area contributed by atoms with Crippen LogP contribution < -0.4 is 4.74 Å². The molecule has 0 unspecified atom stereocenters. The number of Topliss-reactive ketones (excluding diaryl/α,β-unsaturated/α-hetero) is 1. The van der Waals surface area contributed by atoms with Gasteiger partial charge in [0.05, 0.1) is 23.8 Å². The molecule has 0 aliphatic carbocycles. The molecule has 0 aliphatic rings. The van der Waals surface area contributed by atoms with Crippen molar-refractivity contribution in [1.29, 1.82) is 0 Å². The third-order valence-corrected chi connectivity index (χ3v) is 4.29. The highest BCUT2D eigenvalue weighted by Gasteiger charge is 2.25. The average Bonchev–Trinajstić information content (AvgIpc) is 2.93. The summed E-state index contributed by atoms with van der Waals surface area (Å²) in [6, 6.07) is 4.54. The Labute approximate surface area is 167 Å². The number of hydrogen-bond acceptors (Lipinski definition) is 6. The number of aromatic nitrogens is 1. The number of methoxy groups -OCH3 is 1. The number of aromatic amines is 1. The SMILES string of the molecule is COc1ccc(C(=O)COC(=O)c2[nH]c(C)c(C(=O)OC(C)C)c2C)cc1Cl. The molecular formula is C20H22ClNO6. The summed E-state index contributed by atoms with van der Waals surface area (Å²) in [5.41, 5.74) is 1.58. The van der Waals surface area contributed by atoms with Crippen molar-refractivity contribution in [2.24, 2.45) is 0 Å². The summed E-state index contributed by atoms with van der Waals surface area (Å²) < 4.78 is 15.3. The summed E-state index contributed by atoms with van der Waals surface area (Å²) >= 11 is 6.00. The summed E-state index contributed by atoms with van der Waals surface area (Å²) in [4.78, 5) is 39.7. The third-order valence-electron chi connectivity index (χ3n) is 4.00. The predicted molar refractivity (Wildman–Crippen MR) is 103 cm³/mol. The van der Waals surface area contributed by atoms with E-state index in [9.17, 15) is 14.4 Å². The first-order chi connectivity index (χ1) is 13.1. The van der Waals surface area contributed by atoms with Crippen LogP contribution in [0.3, 0.4) is 0 Å². The summed E-state index contributed by atoms with van der Waals surface area (Å²) in [6.45, 7) is 6.28. The Kier molecular flexibility index (Phi) is 6.85. The van der Waals surface area contributed by atoms with Gasteiger partial charge in [-0.05, 0) is 51.5 Å². The van der Waals surface area contributed by atoms with E-state index >= 15 is 0 Å². The molecule has 7 nitrogen and oxygen atoms in total. The molecule has 1 aromatic carbocycles. The van der Waals surface area contributed by atoms with Crippen molar-refractivity contribution in [3.8, 4) is 5.75 Å². The monoisotopic (exact) mass is 407 g/mol. The Hall–Kier alpha value is -2.80. The zero-order chi connectivity index (χ0) is 21.0. The Morgan fingerprint density at radius 2 is 1.82 bits per heavy atom. The smallest absolute Gasteiger partial charge is 0.355 e. The van der Waals surface area contributed by atoms with Crippen LogP contribution in [-0.2, 0) is 9.47 Å². The Bertz CT molecular complexity index is 916. The Morgan fingerprint density at radius 1 is 1.14 bits per heavy atom. The van der Waals surface area contributed by atoms with Gasteiger partial charge in [-0.2, -0.15) is 0 Å². The van der Waals surface area contributed by atoms with E-state index in [0.717, 1.165) is 0 Å². The first kappa shape index (κ1) is 21.5. The third kappa shape index (κ3) is 4.72. The topological polar surface area (TPSA) is 94.7 Å². The quantitative estimate of drug-likeness (QED) is 0.552. The number of ketones is 1. The van der Waals surface area contributed by atoms with E-state index in [1.54, 1.807) is 33.8 Å². The van der Waals surface area contributed by atoms with Crippen molar-refractivity contribution < 1.29 is 28.6 Å². The number of esters is 2. The largest absolute Gasteiger partial charge is 0.495 e. The van der Waals surface area contributed by atoms with Gasteiger partial charge >= 0.3 is 11.9 Å². The molecule has 0 saturated carbocycles. The fraction of sp³-hybridized carbons (Fsp3) is 0.350. The number of hydrogen-bond donors (Lipinski definition) is 1. The predicted octanol–water partition coefficient (Wildman–Crippen LogP) is 3.90. The molecule has 0 fully saturated rings. The van der Waals surface area contributed by atoms with Gasteiger partial charge in [0.2, 0.25) is 0 Å². The highest BCUT2D eigenvalue weighted by Crippen LogP contribution is 2.25. The Morgan fingerprint density at radius 3 is 2.39 bits per heavy atom. The second kappa shape index (κ2) is 8.93. The number of carbonyl (C=O) groups excluding carboxylic acids is 3. The number of benzene rings is 1. The lowest BCUT2D eigenvalue weighted by molar-refractivity contribution is 0.0376. The van der Waals surface area contributed by atoms with Gasteiger partial charge in [-0.25, -0.2) is 9.59 Å². The van der Waals surface area contributed by atoms with E-state index in [1.807, 2.05) is 0 Å². The summed E-state index contributed by atoms with van der Waals surface area (Å²) in [5, 5.41) is 0.281. The van der Waals surface area contributed by atoms with Crippen LogP contribution in [-0.4, -0.2) is 42.5 Å². The van der Waals surface area contributed by atoms with Crippen molar-refractivity contribution in [2.75, 3.05) is 13.7 Å². The minimum absolute atomic E-state index is 0.105. The second-order valence-corrected chi connectivity index (χ2v) is 6.83. The molecule has 28 heavy (non-hydrogen) atoms. The van der Waals surface area contributed by atoms with Crippen molar-refractivity contribution in [3.05, 3.63) is 51.3 Å². The van der Waals surface area contributed by atoms with E-state index in [2.05, 4.69) is 4.98 Å². The van der Waals surface area contributed by atoms with Gasteiger partial charge in [0.25, 0.3) is 0 Å². The number of ether oxygens (including phenoxy) is 3. The molecule has 8 heteroatoms. The zero-order valence-electron chi connectivity index (χ0n) is 16.3. The fourth-order valence-electron chi connectivity index (χ4n) is 2.66. The van der Waals surface area contributed by atoms with Crippen molar-refractivity contribution in [1.82, 2.24) is 4.98 Å². The van der Waals surface area contributed by atoms with E-state index < -0.39 is 24.3 Å². The normalized spacial score (nSPS) is 10.7. The second-order valence-electron chi connectivity index (χ2n) is 6.43. The maximum absolute atomic E-state index is 12.4. The number of rotatable bonds is 7. The highest BCUT2D eigenvalue weighted by molar-refractivity contribution is 6.32. The zero-order valence-corrected chi connectivity index (χ0v) is 17.1. The number of halogens is 1. The maximum atomic E-state index is 12.4. The molecule has 2 rings (SSSR count). The van der Waals surface area contributed by atoms with Crippen LogP contribution in [0.4, 0.5) is 0 Å². The van der Waals surface area contributed by atoms with Crippen molar-refractivity contribution in [2.45, 2.75) is 33.8 Å². The van der Waals surface area contributed by atoms with Gasteiger partial charge < -0.3 is 19.2 Å². The lowest BCUT2D eigenvalue weighted by Crippen LogP contribution is -2.16. The van der Waals surface area contributed by atoms with Gasteiger partial charge in [-0.1, -0.05) is 11.6 Å². The minimum atomic E-state index is -0.739. The van der Waals surface area contributed by atoms with Crippen LogP contribution in [0.1, 0.15) is 56.3 Å². The molecule has 0 atom stereocenters. The number of H-pyrrole nitrogens is 1. The molecule has 1 N–H and O–H groups in total. The first-order valence-electron chi connectivity index (χ1n) is 8.59. The number of carbonyl (C=O) groups is 3. The number of aryl methyl sites for hydroxylation is 1. The molecule has 1 heterocycles. The van der Waals surface area contributed by atoms with Gasteiger partial charge in [0.15, 0.2) is 12.4 Å². The molecule has 0 radical (unpaired) electrons. The summed E-state index contributed by atoms with van der Waals surface area (Å²) in [7, 11) is 1.47. The minimum Gasteiger partial charge on any atom is -0.495 e. The molecule has 2 aromatic rings. The van der Waals surface area contributed by atoms with Crippen LogP contribution in [0.25, 0.3) is 0 Å². The number of nitrogens with one attached hydrogen (secondary N) is 1. The van der Waals surface area contributed by atoms with Gasteiger partial charge in [-0.3, -0.25) is 4.79 Å². The molecule has 0 spiro atoms. The van der Waals surface area contributed by atoms with Gasteiger partial charge in [-0.15, -0.1) is 0 Å². The molecule has 1 aromatic heterocycles. The average molecular weight is 408 g/mol. The van der Waals surface area contributed by atoms with E-state index in [0.29, 0.717) is 22.6 Å². The van der Waals surface area contributed by atoms with Crippen LogP contribution in [0.5, 0.6) is 5.75 Å². The molecule has 0 amide bonds.